The Balaban J connectivity index is 1.61. The Bertz CT molecular complexity index is 746. The van der Waals surface area contributed by atoms with E-state index in [2.05, 4.69) is 20.7 Å². The van der Waals surface area contributed by atoms with Crippen LogP contribution >= 0.6 is 0 Å². The minimum absolute atomic E-state index is 0.0456. The third kappa shape index (κ3) is 3.42. The predicted octanol–water partition coefficient (Wildman–Crippen LogP) is 0.910. The van der Waals surface area contributed by atoms with Gasteiger partial charge in [-0.3, -0.25) is 14.3 Å². The number of nitrogens with one attached hydrogen (secondary N) is 2. The zero-order valence-corrected chi connectivity index (χ0v) is 13.4. The predicted molar refractivity (Wildman–Crippen MR) is 84.0 cm³/mol. The Kier molecular flexibility index (Phi) is 4.28. The lowest BCUT2D eigenvalue weighted by Gasteiger charge is -2.11. The Hall–Kier alpha value is -2.77. The van der Waals surface area contributed by atoms with Crippen LogP contribution in [0.2, 0.25) is 0 Å². The molecule has 0 saturated heterocycles. The number of amides is 2. The molecule has 3 heterocycles. The number of halogens is 1. The first-order valence-corrected chi connectivity index (χ1v) is 7.72. The third-order valence-electron chi connectivity index (χ3n) is 3.66. The summed E-state index contributed by atoms with van der Waals surface area (Å²) in [6.07, 6.45) is 1.59. The first-order valence-electron chi connectivity index (χ1n) is 7.72. The second kappa shape index (κ2) is 6.38. The highest BCUT2D eigenvalue weighted by atomic mass is 19.1. The summed E-state index contributed by atoms with van der Waals surface area (Å²) >= 11 is 0. The van der Waals surface area contributed by atoms with Gasteiger partial charge in [0, 0.05) is 18.2 Å². The van der Waals surface area contributed by atoms with Gasteiger partial charge in [0.25, 0.3) is 11.8 Å². The van der Waals surface area contributed by atoms with Crippen molar-refractivity contribution >= 4 is 11.8 Å². The zero-order chi connectivity index (χ0) is 17.3. The number of carbonyl (C=O) groups excluding carboxylic acids is 2. The lowest BCUT2D eigenvalue weighted by Crippen LogP contribution is -2.36. The van der Waals surface area contributed by atoms with Crippen molar-refractivity contribution in [2.45, 2.75) is 38.9 Å². The Morgan fingerprint density at radius 3 is 2.71 bits per heavy atom. The molecule has 0 radical (unpaired) electrons. The summed E-state index contributed by atoms with van der Waals surface area (Å²) in [7, 11) is 0. The molecule has 1 atom stereocenters. The molecule has 126 valence electrons. The van der Waals surface area contributed by atoms with Crippen molar-refractivity contribution in [3.8, 4) is 0 Å². The van der Waals surface area contributed by atoms with Crippen molar-refractivity contribution in [3.05, 3.63) is 47.3 Å². The molecule has 0 saturated carbocycles. The summed E-state index contributed by atoms with van der Waals surface area (Å²) < 4.78 is 14.6. The smallest absolute Gasteiger partial charge is 0.271 e. The van der Waals surface area contributed by atoms with Crippen LogP contribution in [0.1, 0.15) is 40.5 Å². The van der Waals surface area contributed by atoms with Crippen LogP contribution in [-0.2, 0) is 13.0 Å². The molecule has 2 aromatic rings. The molecular weight excluding hydrogens is 313 g/mol. The highest BCUT2D eigenvalue weighted by molar-refractivity contribution is 5.93. The van der Waals surface area contributed by atoms with Gasteiger partial charge in [-0.05, 0) is 32.0 Å². The van der Waals surface area contributed by atoms with Gasteiger partial charge in [-0.25, -0.2) is 9.37 Å². The van der Waals surface area contributed by atoms with E-state index < -0.39 is 5.82 Å². The van der Waals surface area contributed by atoms with E-state index in [1.165, 1.54) is 12.1 Å². The average Bonchev–Trinajstić information content (AvgIpc) is 3.05. The maximum absolute atomic E-state index is 12.8. The largest absolute Gasteiger partial charge is 0.348 e. The van der Waals surface area contributed by atoms with Crippen LogP contribution in [0.15, 0.2) is 24.4 Å². The molecular formula is C16H18FN5O2. The number of nitrogens with zero attached hydrogens (tertiary/aromatic N) is 3. The zero-order valence-electron chi connectivity index (χ0n) is 13.4. The molecule has 0 fully saturated rings. The van der Waals surface area contributed by atoms with Gasteiger partial charge in [-0.15, -0.1) is 0 Å². The topological polar surface area (TPSA) is 88.9 Å². The molecule has 0 bridgehead atoms. The maximum atomic E-state index is 12.8. The first-order chi connectivity index (χ1) is 11.4. The molecule has 24 heavy (non-hydrogen) atoms. The monoisotopic (exact) mass is 331 g/mol. The summed E-state index contributed by atoms with van der Waals surface area (Å²) in [5.74, 6) is -1.05. The lowest BCUT2D eigenvalue weighted by atomic mass is 10.2. The van der Waals surface area contributed by atoms with Crippen LogP contribution in [0.3, 0.4) is 0 Å². The van der Waals surface area contributed by atoms with Crippen LogP contribution in [0.25, 0.3) is 0 Å². The third-order valence-corrected chi connectivity index (χ3v) is 3.66. The number of pyridine rings is 1. The van der Waals surface area contributed by atoms with Gasteiger partial charge in [0.2, 0.25) is 0 Å². The van der Waals surface area contributed by atoms with E-state index in [-0.39, 0.29) is 29.6 Å². The number of fused-ring (bicyclic) bond motifs is 1. The minimum Gasteiger partial charge on any atom is -0.348 e. The standard InChI is InChI=1S/C16H18FN5O2/c1-9(2)19-16(24)14-6-12-5-11(8-22(12)21-14)20-15(23)13-4-3-10(17)7-18-13/h3-4,6-7,9,11H,5,8H2,1-2H3,(H,19,24)(H,20,23)/t11-/m0/s1. The molecule has 2 N–H and O–H groups in total. The first kappa shape index (κ1) is 16.1. The van der Waals surface area contributed by atoms with Gasteiger partial charge >= 0.3 is 0 Å². The van der Waals surface area contributed by atoms with Crippen LogP contribution in [0.4, 0.5) is 4.39 Å². The summed E-state index contributed by atoms with van der Waals surface area (Å²) in [4.78, 5) is 27.8. The highest BCUT2D eigenvalue weighted by Gasteiger charge is 2.27. The van der Waals surface area contributed by atoms with Crippen molar-refractivity contribution in [2.24, 2.45) is 0 Å². The highest BCUT2D eigenvalue weighted by Crippen LogP contribution is 2.16. The molecule has 1 aliphatic heterocycles. The minimum atomic E-state index is -0.486. The molecule has 0 spiro atoms. The van der Waals surface area contributed by atoms with Crippen molar-refractivity contribution in [2.75, 3.05) is 0 Å². The lowest BCUT2D eigenvalue weighted by molar-refractivity contribution is 0.0921. The van der Waals surface area contributed by atoms with Gasteiger partial charge in [-0.1, -0.05) is 0 Å². The SMILES string of the molecule is CC(C)NC(=O)c1cc2n(n1)C[C@@H](NC(=O)c1ccc(F)cn1)C2. The van der Waals surface area contributed by atoms with Crippen LogP contribution in [-0.4, -0.2) is 38.7 Å². The van der Waals surface area contributed by atoms with Crippen molar-refractivity contribution in [1.29, 1.82) is 0 Å². The molecule has 0 aliphatic carbocycles. The Morgan fingerprint density at radius 2 is 2.08 bits per heavy atom. The van der Waals surface area contributed by atoms with Crippen molar-refractivity contribution in [3.63, 3.8) is 0 Å². The summed E-state index contributed by atoms with van der Waals surface area (Å²) in [6.45, 7) is 4.25. The van der Waals surface area contributed by atoms with E-state index in [0.717, 1.165) is 11.9 Å². The van der Waals surface area contributed by atoms with Gasteiger partial charge < -0.3 is 10.6 Å². The fourth-order valence-corrected chi connectivity index (χ4v) is 2.62. The fourth-order valence-electron chi connectivity index (χ4n) is 2.62. The summed E-state index contributed by atoms with van der Waals surface area (Å²) in [6, 6.07) is 4.19. The molecule has 0 aromatic carbocycles. The summed E-state index contributed by atoms with van der Waals surface area (Å²) in [5.41, 5.74) is 1.43. The van der Waals surface area contributed by atoms with E-state index in [4.69, 9.17) is 0 Å². The van der Waals surface area contributed by atoms with Crippen molar-refractivity contribution in [1.82, 2.24) is 25.4 Å². The quantitative estimate of drug-likeness (QED) is 0.871. The second-order valence-corrected chi connectivity index (χ2v) is 6.07. The van der Waals surface area contributed by atoms with Crippen LogP contribution < -0.4 is 10.6 Å². The van der Waals surface area contributed by atoms with Crippen molar-refractivity contribution < 1.29 is 14.0 Å². The Labute approximate surface area is 138 Å². The molecule has 2 amide bonds. The van der Waals surface area contributed by atoms with E-state index in [1.54, 1.807) is 10.7 Å². The Morgan fingerprint density at radius 1 is 1.29 bits per heavy atom. The molecule has 3 rings (SSSR count). The molecule has 7 nitrogen and oxygen atoms in total. The van der Waals surface area contributed by atoms with Crippen LogP contribution in [0, 0.1) is 5.82 Å². The number of rotatable bonds is 4. The number of carbonyl (C=O) groups is 2. The summed E-state index contributed by atoms with van der Waals surface area (Å²) in [5, 5.41) is 9.91. The normalized spacial score (nSPS) is 16.1. The number of hydrogen-bond acceptors (Lipinski definition) is 4. The van der Waals surface area contributed by atoms with E-state index in [1.807, 2.05) is 13.8 Å². The molecule has 0 unspecified atom stereocenters. The van der Waals surface area contributed by atoms with Gasteiger partial charge in [0.15, 0.2) is 0 Å². The van der Waals surface area contributed by atoms with E-state index in [0.29, 0.717) is 18.7 Å². The fraction of sp³-hybridized carbons (Fsp3) is 0.375. The van der Waals surface area contributed by atoms with E-state index >= 15 is 0 Å². The average molecular weight is 331 g/mol. The maximum Gasteiger partial charge on any atom is 0.271 e. The molecule has 8 heteroatoms. The molecule has 2 aromatic heterocycles. The van der Waals surface area contributed by atoms with Gasteiger partial charge in [0.1, 0.15) is 17.2 Å². The number of hydrogen-bond donors (Lipinski definition) is 2. The molecule has 1 aliphatic rings. The second-order valence-electron chi connectivity index (χ2n) is 6.07. The van der Waals surface area contributed by atoms with Crippen LogP contribution in [0.5, 0.6) is 0 Å². The van der Waals surface area contributed by atoms with Gasteiger partial charge in [0.05, 0.1) is 18.8 Å². The number of aromatic nitrogens is 3. The van der Waals surface area contributed by atoms with E-state index in [9.17, 15) is 14.0 Å². The van der Waals surface area contributed by atoms with Gasteiger partial charge in [-0.2, -0.15) is 5.10 Å².